The Balaban J connectivity index is 0.000000163. The van der Waals surface area contributed by atoms with E-state index < -0.39 is 11.9 Å². The van der Waals surface area contributed by atoms with Gasteiger partial charge in [-0.1, -0.05) is 72.3 Å². The van der Waals surface area contributed by atoms with E-state index in [1.165, 1.54) is 101 Å². The number of phenolic OH excluding ortho intramolecular Hbond substituents is 1. The molecule has 0 spiro atoms. The zero-order valence-corrected chi connectivity index (χ0v) is 89.6. The highest BCUT2D eigenvalue weighted by atomic mass is 35.5. The Hall–Kier alpha value is -13.4. The number of aliphatic carboxylic acids is 1. The van der Waals surface area contributed by atoms with Crippen molar-refractivity contribution in [3.05, 3.63) is 308 Å². The number of hydrogen-bond acceptors (Lipinski definition) is 26. The van der Waals surface area contributed by atoms with Crippen LogP contribution in [0.1, 0.15) is 202 Å². The van der Waals surface area contributed by atoms with Gasteiger partial charge >= 0.3 is 11.9 Å². The average molecular weight is 2010 g/mol. The van der Waals surface area contributed by atoms with Crippen LogP contribution < -0.4 is 57.5 Å². The molecule has 0 amide bonds. The average Bonchev–Trinajstić information content (AvgIpc) is 1.08. The minimum atomic E-state index is -0.989. The smallest absolute Gasteiger partial charge is 0.343 e. The number of benzene rings is 7. The second-order valence-corrected chi connectivity index (χ2v) is 38.0. The normalized spacial score (nSPS) is 13.1. The Morgan fingerprint density at radius 3 is 0.884 bits per heavy atom. The number of carboxylic acid groups (broad SMARTS) is 1. The van der Waals surface area contributed by atoms with E-state index >= 15 is 0 Å². The monoisotopic (exact) mass is 2010 g/mol. The molecule has 0 atom stereocenters. The molecule has 4 saturated heterocycles. The van der Waals surface area contributed by atoms with Crippen molar-refractivity contribution in [1.29, 1.82) is 0 Å². The van der Waals surface area contributed by atoms with Crippen LogP contribution in [0.3, 0.4) is 0 Å². The second-order valence-electron chi connectivity index (χ2n) is 37.7. The third kappa shape index (κ3) is 30.2. The Morgan fingerprint density at radius 1 is 0.295 bits per heavy atom. The van der Waals surface area contributed by atoms with E-state index in [1.807, 2.05) is 145 Å². The molecule has 5 aromatic heterocycles. The Labute approximate surface area is 866 Å². The number of pyridine rings is 5. The van der Waals surface area contributed by atoms with Crippen LogP contribution in [-0.4, -0.2) is 180 Å². The first-order chi connectivity index (χ1) is 70.4. The quantitative estimate of drug-likeness (QED) is 0.0184. The highest BCUT2D eigenvalue weighted by Crippen LogP contribution is 2.41. The zero-order chi connectivity index (χ0) is 105. The summed E-state index contributed by atoms with van der Waals surface area (Å²) in [7, 11) is 7.79. The van der Waals surface area contributed by atoms with Crippen molar-refractivity contribution in [1.82, 2.24) is 24.9 Å². The summed E-state index contributed by atoms with van der Waals surface area (Å²) in [5.74, 6) is 8.60. The molecule has 12 aromatic rings. The summed E-state index contributed by atoms with van der Waals surface area (Å²) in [6.07, 6.45) is 12.9. The highest BCUT2D eigenvalue weighted by Gasteiger charge is 2.28. The summed E-state index contributed by atoms with van der Waals surface area (Å²) in [6.45, 7) is 40.4. The molecule has 28 heteroatoms. The molecule has 778 valence electrons. The molecule has 4 fully saturated rings. The summed E-state index contributed by atoms with van der Waals surface area (Å²) < 4.78 is 70.9. The van der Waals surface area contributed by atoms with Crippen LogP contribution in [0.5, 0.6) is 57.5 Å². The number of carbonyl (C=O) groups is 2. The molecule has 27 nitrogen and oxygen atoms in total. The topological polar surface area (TPSA) is 292 Å². The number of phenols is 1. The minimum absolute atomic E-state index is 0.0980. The third-order valence-electron chi connectivity index (χ3n) is 27.7. The lowest BCUT2D eigenvalue weighted by Gasteiger charge is -2.21. The second kappa shape index (κ2) is 54.7. The van der Waals surface area contributed by atoms with Crippen molar-refractivity contribution in [2.45, 2.75) is 201 Å². The first-order valence-electron chi connectivity index (χ1n) is 50.2. The molecule has 0 unspecified atom stereocenters. The van der Waals surface area contributed by atoms with Crippen LogP contribution in [0.2, 0.25) is 5.15 Å². The van der Waals surface area contributed by atoms with Gasteiger partial charge in [-0.05, 0) is 369 Å². The lowest BCUT2D eigenvalue weighted by Crippen LogP contribution is -2.21. The fraction of sp³-hybridized carbons (Fsp3) is 0.415. The largest absolute Gasteiger partial charge is 0.508 e. The molecule has 4 aliphatic rings. The molecule has 3 N–H and O–H groups in total. The molecule has 0 aliphatic carbocycles. The van der Waals surface area contributed by atoms with E-state index in [4.69, 9.17) is 93.5 Å². The maximum Gasteiger partial charge on any atom is 0.343 e. The molecule has 7 aromatic carbocycles. The lowest BCUT2D eigenvalue weighted by atomic mass is 9.94. The van der Waals surface area contributed by atoms with Gasteiger partial charge in [-0.2, -0.15) is 0 Å². The van der Waals surface area contributed by atoms with Gasteiger partial charge in [0.05, 0.1) is 7.11 Å². The van der Waals surface area contributed by atoms with Gasteiger partial charge < -0.3 is 96.5 Å². The number of methoxy groups -OCH3 is 5. The van der Waals surface area contributed by atoms with Crippen molar-refractivity contribution in [3.8, 4) is 57.5 Å². The first kappa shape index (κ1) is 111. The van der Waals surface area contributed by atoms with E-state index in [1.54, 1.807) is 34.5 Å². The predicted molar refractivity (Wildman–Crippen MR) is 575 cm³/mol. The number of aryl methyl sites for hydroxylation is 5. The number of anilines is 4. The molecule has 0 bridgehead atoms. The van der Waals surface area contributed by atoms with E-state index in [0.717, 1.165) is 219 Å². The van der Waals surface area contributed by atoms with Crippen molar-refractivity contribution in [2.75, 3.05) is 148 Å². The lowest BCUT2D eigenvalue weighted by molar-refractivity contribution is -0.143. The fourth-order valence-electron chi connectivity index (χ4n) is 18.6. The van der Waals surface area contributed by atoms with Crippen LogP contribution in [0.15, 0.2) is 152 Å². The number of esters is 1. The van der Waals surface area contributed by atoms with E-state index in [9.17, 15) is 19.8 Å². The minimum Gasteiger partial charge on any atom is -0.508 e. The summed E-state index contributed by atoms with van der Waals surface area (Å²) >= 11 is 6.26. The van der Waals surface area contributed by atoms with Crippen molar-refractivity contribution >= 4 is 46.8 Å². The Morgan fingerprint density at radius 2 is 0.568 bits per heavy atom. The van der Waals surface area contributed by atoms with Crippen LogP contribution >= 0.6 is 11.6 Å². The van der Waals surface area contributed by atoms with Gasteiger partial charge in [-0.15, -0.1) is 0 Å². The molecular weight excluding hydrogens is 1870 g/mol. The van der Waals surface area contributed by atoms with Gasteiger partial charge in [0.15, 0.2) is 97.6 Å². The number of halogens is 1. The number of ether oxygens (including phenoxy) is 13. The molecule has 9 heterocycles. The van der Waals surface area contributed by atoms with Gasteiger partial charge in [-0.25, -0.2) is 34.5 Å². The molecule has 0 radical (unpaired) electrons. The van der Waals surface area contributed by atoms with Crippen LogP contribution in [-0.2, 0) is 78.6 Å². The highest BCUT2D eigenvalue weighted by molar-refractivity contribution is 6.30. The molecule has 16 rings (SSSR count). The van der Waals surface area contributed by atoms with E-state index in [2.05, 4.69) is 134 Å². The molecule has 4 aliphatic heterocycles. The standard InChI is InChI=1S/C28H34N2O3.C24H26ClNO3.C24H32N2O5.C21H26N2O4.C21H28N2O3/c1-20-16-27(32-18-23-10-6-5-7-11-23)22(3)21(2)25(20)17-24-12-13-26(33-19-31-4)28(29-24)30-14-8-9-15-30;1-16-12-23(28-14-19-8-6-5-7-9-19)18(3)17(2)21(16)13-20-10-11-22(24(25)26-20)29-15-27-4;1-16-12-22(30-14-23(27)29-5)18(3)17(2)20(16)13-19-8-9-21(31-15-28-4)24(25-19)26-10-6-7-11-26;1-13-10-19(27-12-20(25)26)15(3)14(2)17(13)11-16-6-7-18(24)21(22-16)23-8-4-5-9-23;1-14-11-19(24)16(3)15(2)18(14)12-17-7-8-20(26-13-25-4)21(22-17)23-9-5-6-10-23/h5-7,10-13,16H,8-9,14-15,17-19H2,1-4H3;5-12H,13-15H2,1-4H3;8-9,12H,6-7,10-11,13-15H2,1-5H3;6-7,10,24H,4-5,8-9,11-12H2,1-3H3,(H,25,26);7-8,11,24H,5-6,9-10,12-13H2,1-4H3. The summed E-state index contributed by atoms with van der Waals surface area (Å²) in [5, 5.41) is 29.4. The molecular formula is C118H146ClN9O18. The Bertz CT molecular complexity index is 6380. The number of nitrogens with zero attached hydrogens (tertiary/aromatic N) is 9. The first-order valence-corrected chi connectivity index (χ1v) is 50.6. The maximum atomic E-state index is 11.4. The predicted octanol–water partition coefficient (Wildman–Crippen LogP) is 22.6. The van der Waals surface area contributed by atoms with Crippen LogP contribution in [0, 0.1) is 104 Å². The van der Waals surface area contributed by atoms with Gasteiger partial charge in [-0.3, -0.25) is 0 Å². The fourth-order valence-corrected chi connectivity index (χ4v) is 18.8. The number of carboxylic acids is 1. The summed E-state index contributed by atoms with van der Waals surface area (Å²) in [6, 6.07) is 49.9. The van der Waals surface area contributed by atoms with Gasteiger partial charge in [0.1, 0.15) is 42.0 Å². The van der Waals surface area contributed by atoms with Gasteiger partial charge in [0, 0.05) is 141 Å². The van der Waals surface area contributed by atoms with Crippen molar-refractivity contribution in [3.63, 3.8) is 0 Å². The third-order valence-corrected chi connectivity index (χ3v) is 27.9. The molecule has 146 heavy (non-hydrogen) atoms. The number of aromatic hydroxyl groups is 2. The van der Waals surface area contributed by atoms with Crippen LogP contribution in [0.4, 0.5) is 23.3 Å². The van der Waals surface area contributed by atoms with E-state index in [-0.39, 0.29) is 46.1 Å². The van der Waals surface area contributed by atoms with Gasteiger partial charge in [0.2, 0.25) is 0 Å². The van der Waals surface area contributed by atoms with Gasteiger partial charge in [0.25, 0.3) is 0 Å². The Kier molecular flexibility index (Phi) is 41.7. The maximum absolute atomic E-state index is 11.4. The summed E-state index contributed by atoms with van der Waals surface area (Å²) in [4.78, 5) is 55.3. The van der Waals surface area contributed by atoms with Crippen LogP contribution in [0.25, 0.3) is 0 Å². The van der Waals surface area contributed by atoms with E-state index in [0.29, 0.717) is 66.4 Å². The van der Waals surface area contributed by atoms with Crippen molar-refractivity contribution < 1.29 is 86.5 Å². The SMILES string of the molecule is COCOc1ccc(Cc2c(C)cc(O)c(C)c2C)nc1N1CCCC1.COCOc1ccc(Cc2c(C)cc(OCC(=O)OC)c(C)c2C)nc1N1CCCC1.COCOc1ccc(Cc2c(C)cc(OCc3ccccc3)c(C)c2C)nc1Cl.COCOc1ccc(Cc2c(C)cc(OCc3ccccc3)c(C)c2C)nc1N1CCCC1.Cc1cc(OCC(=O)O)c(C)c(C)c1Cc1ccc(O)c(N2CCCC2)n1. The summed E-state index contributed by atoms with van der Waals surface area (Å²) in [5.41, 5.74) is 30.0. The molecule has 0 saturated carbocycles. The number of hydrogen-bond donors (Lipinski definition) is 3. The zero-order valence-electron chi connectivity index (χ0n) is 88.8. The number of rotatable bonds is 38. The number of carbonyl (C=O) groups excluding carboxylic acids is 1. The number of aromatic nitrogens is 5. The van der Waals surface area contributed by atoms with Crippen molar-refractivity contribution in [2.24, 2.45) is 0 Å².